The fourth-order valence-corrected chi connectivity index (χ4v) is 3.32. The van der Waals surface area contributed by atoms with E-state index in [9.17, 15) is 0 Å². The van der Waals surface area contributed by atoms with Gasteiger partial charge in [-0.25, -0.2) is 0 Å². The fourth-order valence-electron chi connectivity index (χ4n) is 3.32. The smallest absolute Gasteiger partial charge is 0.122 e. The number of hydrogen-bond acceptors (Lipinski definition) is 2. The fraction of sp³-hybridized carbons (Fsp3) is 0.667. The lowest BCUT2D eigenvalue weighted by atomic mass is 9.93. The first kappa shape index (κ1) is 15.4. The predicted molar refractivity (Wildman–Crippen MR) is 85.3 cm³/mol. The molecular weight excluding hydrogens is 246 g/mol. The Balaban J connectivity index is 2.08. The summed E-state index contributed by atoms with van der Waals surface area (Å²) in [5.74, 6) is 1.85. The first-order chi connectivity index (χ1) is 9.69. The lowest BCUT2D eigenvalue weighted by Gasteiger charge is -2.28. The van der Waals surface area contributed by atoms with Crippen molar-refractivity contribution in [3.8, 4) is 5.75 Å². The molecule has 0 aromatic heterocycles. The van der Waals surface area contributed by atoms with Crippen LogP contribution in [-0.2, 0) is 6.42 Å². The quantitative estimate of drug-likeness (QED) is 0.792. The second-order valence-electron chi connectivity index (χ2n) is 5.96. The Morgan fingerprint density at radius 3 is 2.55 bits per heavy atom. The van der Waals surface area contributed by atoms with Gasteiger partial charge in [0, 0.05) is 18.5 Å². The lowest BCUT2D eigenvalue weighted by Crippen LogP contribution is -2.35. The zero-order valence-corrected chi connectivity index (χ0v) is 13.4. The van der Waals surface area contributed by atoms with Gasteiger partial charge in [-0.2, -0.15) is 0 Å². The highest BCUT2D eigenvalue weighted by atomic mass is 16.5. The summed E-state index contributed by atoms with van der Waals surface area (Å²) in [6.07, 6.45) is 4.68. The molecule has 0 spiro atoms. The largest absolute Gasteiger partial charge is 0.493 e. The molecule has 112 valence electrons. The van der Waals surface area contributed by atoms with E-state index < -0.39 is 0 Å². The van der Waals surface area contributed by atoms with Crippen molar-refractivity contribution >= 4 is 0 Å². The van der Waals surface area contributed by atoms with E-state index >= 15 is 0 Å². The molecule has 2 unspecified atom stereocenters. The number of fused-ring (bicyclic) bond motifs is 1. The van der Waals surface area contributed by atoms with Crippen molar-refractivity contribution in [2.75, 3.05) is 6.61 Å². The lowest BCUT2D eigenvalue weighted by molar-refractivity contribution is 0.319. The summed E-state index contributed by atoms with van der Waals surface area (Å²) in [6, 6.07) is 7.73. The molecule has 2 rings (SSSR count). The molecular formula is C18H29NO. The SMILES string of the molecule is CCC(NC(C)C(CC)CC)c1ccc2c(c1)CCO2. The standard InChI is InChI=1S/C18H29NO/c1-5-14(6-2)13(4)19-17(7-3)15-8-9-18-16(12-15)10-11-20-18/h8-9,12-14,17,19H,5-7,10-11H2,1-4H3. The van der Waals surface area contributed by atoms with E-state index in [1.807, 2.05) is 0 Å². The molecule has 1 aliphatic rings. The van der Waals surface area contributed by atoms with Gasteiger partial charge in [0.15, 0.2) is 0 Å². The zero-order chi connectivity index (χ0) is 14.5. The van der Waals surface area contributed by atoms with Crippen molar-refractivity contribution in [1.82, 2.24) is 5.32 Å². The Hall–Kier alpha value is -1.02. The van der Waals surface area contributed by atoms with E-state index in [0.717, 1.165) is 31.1 Å². The number of nitrogens with one attached hydrogen (secondary N) is 1. The third kappa shape index (κ3) is 3.35. The molecule has 0 aliphatic carbocycles. The van der Waals surface area contributed by atoms with Crippen molar-refractivity contribution < 1.29 is 4.74 Å². The van der Waals surface area contributed by atoms with Gasteiger partial charge in [-0.1, -0.05) is 45.7 Å². The van der Waals surface area contributed by atoms with Gasteiger partial charge >= 0.3 is 0 Å². The number of ether oxygens (including phenoxy) is 1. The van der Waals surface area contributed by atoms with Crippen LogP contribution in [0.15, 0.2) is 18.2 Å². The normalized spacial score (nSPS) is 16.9. The van der Waals surface area contributed by atoms with Crippen LogP contribution in [0.1, 0.15) is 64.1 Å². The molecule has 2 nitrogen and oxygen atoms in total. The zero-order valence-electron chi connectivity index (χ0n) is 13.4. The van der Waals surface area contributed by atoms with Gasteiger partial charge in [-0.05, 0) is 36.5 Å². The monoisotopic (exact) mass is 275 g/mol. The molecule has 0 amide bonds. The highest BCUT2D eigenvalue weighted by Gasteiger charge is 2.20. The summed E-state index contributed by atoms with van der Waals surface area (Å²) in [4.78, 5) is 0. The van der Waals surface area contributed by atoms with E-state index in [-0.39, 0.29) is 0 Å². The molecule has 20 heavy (non-hydrogen) atoms. The second kappa shape index (κ2) is 7.12. The molecule has 1 aliphatic heterocycles. The minimum absolute atomic E-state index is 0.455. The number of benzene rings is 1. The van der Waals surface area contributed by atoms with Crippen LogP contribution in [0.2, 0.25) is 0 Å². The van der Waals surface area contributed by atoms with Crippen LogP contribution in [0.5, 0.6) is 5.75 Å². The average molecular weight is 275 g/mol. The minimum Gasteiger partial charge on any atom is -0.493 e. The van der Waals surface area contributed by atoms with Crippen molar-refractivity contribution in [3.63, 3.8) is 0 Å². The van der Waals surface area contributed by atoms with E-state index in [2.05, 4.69) is 51.2 Å². The molecule has 0 saturated carbocycles. The summed E-state index contributed by atoms with van der Waals surface area (Å²) in [6.45, 7) is 10.0. The van der Waals surface area contributed by atoms with Crippen molar-refractivity contribution in [2.24, 2.45) is 5.92 Å². The molecule has 0 fully saturated rings. The van der Waals surface area contributed by atoms with Gasteiger partial charge in [0.05, 0.1) is 6.61 Å². The first-order valence-corrected chi connectivity index (χ1v) is 8.21. The van der Waals surface area contributed by atoms with Crippen molar-refractivity contribution in [3.05, 3.63) is 29.3 Å². The van der Waals surface area contributed by atoms with Gasteiger partial charge < -0.3 is 10.1 Å². The maximum Gasteiger partial charge on any atom is 0.122 e. The molecule has 0 bridgehead atoms. The highest BCUT2D eigenvalue weighted by Crippen LogP contribution is 2.29. The average Bonchev–Trinajstić information content (AvgIpc) is 2.93. The minimum atomic E-state index is 0.455. The molecule has 2 heteroatoms. The van der Waals surface area contributed by atoms with E-state index in [1.165, 1.54) is 24.0 Å². The molecule has 0 saturated heterocycles. The third-order valence-corrected chi connectivity index (χ3v) is 4.74. The van der Waals surface area contributed by atoms with E-state index in [0.29, 0.717) is 12.1 Å². The molecule has 1 aromatic rings. The summed E-state index contributed by atoms with van der Waals surface area (Å²) >= 11 is 0. The summed E-state index contributed by atoms with van der Waals surface area (Å²) in [5, 5.41) is 3.84. The van der Waals surface area contributed by atoms with Crippen LogP contribution >= 0.6 is 0 Å². The predicted octanol–water partition coefficient (Wildman–Crippen LogP) is 4.49. The van der Waals surface area contributed by atoms with Crippen LogP contribution in [0.3, 0.4) is 0 Å². The van der Waals surface area contributed by atoms with E-state index in [4.69, 9.17) is 4.74 Å². The Labute approximate surface area is 123 Å². The Kier molecular flexibility index (Phi) is 5.47. The summed E-state index contributed by atoms with van der Waals surface area (Å²) in [5.41, 5.74) is 2.78. The van der Waals surface area contributed by atoms with Crippen LogP contribution in [-0.4, -0.2) is 12.6 Å². The van der Waals surface area contributed by atoms with Gasteiger partial charge in [-0.3, -0.25) is 0 Å². The summed E-state index contributed by atoms with van der Waals surface area (Å²) < 4.78 is 5.60. The van der Waals surface area contributed by atoms with Gasteiger partial charge in [-0.15, -0.1) is 0 Å². The van der Waals surface area contributed by atoms with Gasteiger partial charge in [0.1, 0.15) is 5.75 Å². The van der Waals surface area contributed by atoms with Crippen LogP contribution < -0.4 is 10.1 Å². The van der Waals surface area contributed by atoms with Gasteiger partial charge in [0.25, 0.3) is 0 Å². The van der Waals surface area contributed by atoms with Crippen LogP contribution in [0, 0.1) is 5.92 Å². The maximum absolute atomic E-state index is 5.60. The third-order valence-electron chi connectivity index (χ3n) is 4.74. The Morgan fingerprint density at radius 2 is 1.90 bits per heavy atom. The van der Waals surface area contributed by atoms with E-state index in [1.54, 1.807) is 0 Å². The van der Waals surface area contributed by atoms with Crippen LogP contribution in [0.4, 0.5) is 0 Å². The number of hydrogen-bond donors (Lipinski definition) is 1. The molecule has 2 atom stereocenters. The van der Waals surface area contributed by atoms with Crippen LogP contribution in [0.25, 0.3) is 0 Å². The second-order valence-corrected chi connectivity index (χ2v) is 5.96. The Morgan fingerprint density at radius 1 is 1.15 bits per heavy atom. The summed E-state index contributed by atoms with van der Waals surface area (Å²) in [7, 11) is 0. The van der Waals surface area contributed by atoms with Crippen molar-refractivity contribution in [2.45, 2.75) is 65.5 Å². The molecule has 0 radical (unpaired) electrons. The maximum atomic E-state index is 5.60. The molecule has 1 heterocycles. The molecule has 1 N–H and O–H groups in total. The topological polar surface area (TPSA) is 21.3 Å². The Bertz CT molecular complexity index is 425. The molecule has 1 aromatic carbocycles. The number of rotatable bonds is 7. The van der Waals surface area contributed by atoms with Crippen molar-refractivity contribution in [1.29, 1.82) is 0 Å². The van der Waals surface area contributed by atoms with Gasteiger partial charge in [0.2, 0.25) is 0 Å². The first-order valence-electron chi connectivity index (χ1n) is 8.21. The highest BCUT2D eigenvalue weighted by molar-refractivity contribution is 5.40.